The van der Waals surface area contributed by atoms with Crippen molar-refractivity contribution in [3.8, 4) is 0 Å². The van der Waals surface area contributed by atoms with Crippen LogP contribution < -0.4 is 10.6 Å². The quantitative estimate of drug-likeness (QED) is 0.678. The van der Waals surface area contributed by atoms with Crippen LogP contribution in [0.2, 0.25) is 0 Å². The lowest BCUT2D eigenvalue weighted by Gasteiger charge is -2.19. The number of hydrogen-bond donors (Lipinski definition) is 3. The predicted octanol–water partition coefficient (Wildman–Crippen LogP) is 3.52. The summed E-state index contributed by atoms with van der Waals surface area (Å²) in [6, 6.07) is 8.19. The molecule has 1 atom stereocenters. The summed E-state index contributed by atoms with van der Waals surface area (Å²) in [7, 11) is 0. The molecule has 0 saturated carbocycles. The molecule has 24 heavy (non-hydrogen) atoms. The first kappa shape index (κ1) is 18.3. The van der Waals surface area contributed by atoms with Gasteiger partial charge in [0.25, 0.3) is 0 Å². The topological polar surface area (TPSA) is 79.0 Å². The third kappa shape index (κ3) is 5.85. The van der Waals surface area contributed by atoms with Crippen LogP contribution in [0.5, 0.6) is 0 Å². The number of alkyl carbamates (subject to hydrolysis) is 1. The number of carbonyl (C=O) groups excluding carboxylic acids is 1. The lowest BCUT2D eigenvalue weighted by atomic mass is 10.2. The van der Waals surface area contributed by atoms with E-state index in [4.69, 9.17) is 4.74 Å². The summed E-state index contributed by atoms with van der Waals surface area (Å²) in [5, 5.41) is 6.22. The molecule has 1 aromatic carbocycles. The van der Waals surface area contributed by atoms with E-state index in [9.17, 15) is 4.79 Å². The first-order chi connectivity index (χ1) is 11.3. The van der Waals surface area contributed by atoms with Crippen molar-refractivity contribution in [2.75, 3.05) is 13.1 Å². The number of nitrogens with zero attached hydrogens (tertiary/aromatic N) is 1. The summed E-state index contributed by atoms with van der Waals surface area (Å²) in [6.45, 7) is 9.16. The number of amides is 1. The minimum Gasteiger partial charge on any atom is -0.444 e. The summed E-state index contributed by atoms with van der Waals surface area (Å²) in [6.07, 6.45) is 1.52. The zero-order valence-corrected chi connectivity index (χ0v) is 15.0. The minimum absolute atomic E-state index is 0.163. The molecule has 2 rings (SSSR count). The lowest BCUT2D eigenvalue weighted by molar-refractivity contribution is 0.0527. The van der Waals surface area contributed by atoms with Gasteiger partial charge in [-0.1, -0.05) is 12.1 Å². The van der Waals surface area contributed by atoms with E-state index in [-0.39, 0.29) is 12.1 Å². The van der Waals surface area contributed by atoms with Crippen molar-refractivity contribution in [2.45, 2.75) is 52.2 Å². The molecule has 132 valence electrons. The van der Waals surface area contributed by atoms with Crippen molar-refractivity contribution in [1.29, 1.82) is 0 Å². The fourth-order valence-corrected chi connectivity index (χ4v) is 2.35. The van der Waals surface area contributed by atoms with Gasteiger partial charge in [0.15, 0.2) is 0 Å². The molecule has 0 aliphatic rings. The molecule has 0 aliphatic carbocycles. The number of aromatic nitrogens is 2. The van der Waals surface area contributed by atoms with Crippen molar-refractivity contribution in [2.24, 2.45) is 0 Å². The fraction of sp³-hybridized carbons (Fsp3) is 0.556. The van der Waals surface area contributed by atoms with Gasteiger partial charge in [-0.2, -0.15) is 0 Å². The van der Waals surface area contributed by atoms with Crippen LogP contribution in [-0.4, -0.2) is 34.8 Å². The van der Waals surface area contributed by atoms with E-state index in [1.165, 1.54) is 0 Å². The Balaban J connectivity index is 1.63. The highest BCUT2D eigenvalue weighted by Gasteiger charge is 2.15. The number of H-pyrrole nitrogens is 1. The SMILES string of the molecule is CC(NCCCCNC(=O)OC(C)(C)C)c1nc2ccccc2[nH]1. The third-order valence-corrected chi connectivity index (χ3v) is 3.54. The molecule has 0 spiro atoms. The molecule has 6 heteroatoms. The number of rotatable bonds is 7. The molecule has 2 aromatic rings. The van der Waals surface area contributed by atoms with E-state index in [0.717, 1.165) is 36.2 Å². The second-order valence-electron chi connectivity index (χ2n) is 6.95. The number of nitrogens with one attached hydrogen (secondary N) is 3. The molecule has 0 fully saturated rings. The zero-order valence-electron chi connectivity index (χ0n) is 15.0. The number of fused-ring (bicyclic) bond motifs is 1. The predicted molar refractivity (Wildman–Crippen MR) is 96.0 cm³/mol. The maximum Gasteiger partial charge on any atom is 0.407 e. The molecule has 0 aliphatic heterocycles. The Morgan fingerprint density at radius 2 is 1.96 bits per heavy atom. The van der Waals surface area contributed by atoms with Crippen LogP contribution in [-0.2, 0) is 4.74 Å². The van der Waals surface area contributed by atoms with Gasteiger partial charge < -0.3 is 20.4 Å². The van der Waals surface area contributed by atoms with E-state index in [1.54, 1.807) is 0 Å². The lowest BCUT2D eigenvalue weighted by Crippen LogP contribution is -2.33. The molecule has 6 nitrogen and oxygen atoms in total. The first-order valence-corrected chi connectivity index (χ1v) is 8.50. The number of benzene rings is 1. The average Bonchev–Trinajstić information content (AvgIpc) is 2.92. The van der Waals surface area contributed by atoms with E-state index < -0.39 is 5.60 Å². The highest BCUT2D eigenvalue weighted by atomic mass is 16.6. The van der Waals surface area contributed by atoms with Crippen molar-refractivity contribution in [3.05, 3.63) is 30.1 Å². The second kappa shape index (κ2) is 8.15. The Hall–Kier alpha value is -2.08. The third-order valence-electron chi connectivity index (χ3n) is 3.54. The Morgan fingerprint density at radius 1 is 1.25 bits per heavy atom. The van der Waals surface area contributed by atoms with Crippen LogP contribution in [0.25, 0.3) is 11.0 Å². The van der Waals surface area contributed by atoms with Crippen molar-refractivity contribution in [3.63, 3.8) is 0 Å². The fourth-order valence-electron chi connectivity index (χ4n) is 2.35. The maximum atomic E-state index is 11.5. The van der Waals surface area contributed by atoms with Gasteiger partial charge in [0.1, 0.15) is 11.4 Å². The summed E-state index contributed by atoms with van der Waals surface area (Å²) >= 11 is 0. The first-order valence-electron chi connectivity index (χ1n) is 8.50. The Labute approximate surface area is 143 Å². The summed E-state index contributed by atoms with van der Waals surface area (Å²) in [5.74, 6) is 0.947. The monoisotopic (exact) mass is 332 g/mol. The van der Waals surface area contributed by atoms with E-state index in [0.29, 0.717) is 6.54 Å². The van der Waals surface area contributed by atoms with Crippen molar-refractivity contribution >= 4 is 17.1 Å². The molecule has 1 heterocycles. The van der Waals surface area contributed by atoms with Crippen LogP contribution in [0.1, 0.15) is 52.4 Å². The second-order valence-corrected chi connectivity index (χ2v) is 6.95. The van der Waals surface area contributed by atoms with Gasteiger partial charge >= 0.3 is 6.09 Å². The van der Waals surface area contributed by atoms with Gasteiger partial charge in [0.05, 0.1) is 17.1 Å². The highest BCUT2D eigenvalue weighted by Crippen LogP contribution is 2.15. The number of imidazole rings is 1. The van der Waals surface area contributed by atoms with E-state index >= 15 is 0 Å². The molecule has 0 bridgehead atoms. The van der Waals surface area contributed by atoms with Crippen LogP contribution in [0.15, 0.2) is 24.3 Å². The summed E-state index contributed by atoms with van der Waals surface area (Å²) in [5.41, 5.74) is 1.60. The zero-order chi connectivity index (χ0) is 17.6. The molecule has 1 unspecified atom stereocenters. The van der Waals surface area contributed by atoms with Crippen LogP contribution in [0, 0.1) is 0 Å². The number of carbonyl (C=O) groups is 1. The Kier molecular flexibility index (Phi) is 6.20. The van der Waals surface area contributed by atoms with E-state index in [2.05, 4.69) is 27.5 Å². The summed E-state index contributed by atoms with van der Waals surface area (Å²) in [4.78, 5) is 19.4. The smallest absolute Gasteiger partial charge is 0.407 e. The molecular formula is C18H28N4O2. The van der Waals surface area contributed by atoms with Gasteiger partial charge in [-0.25, -0.2) is 9.78 Å². The van der Waals surface area contributed by atoms with Crippen molar-refractivity contribution < 1.29 is 9.53 Å². The molecule has 1 aromatic heterocycles. The number of unbranched alkanes of at least 4 members (excludes halogenated alkanes) is 1. The number of aromatic amines is 1. The normalized spacial score (nSPS) is 13.0. The van der Waals surface area contributed by atoms with E-state index in [1.807, 2.05) is 45.0 Å². The minimum atomic E-state index is -0.451. The van der Waals surface area contributed by atoms with Crippen LogP contribution in [0.3, 0.4) is 0 Å². The molecule has 0 saturated heterocycles. The van der Waals surface area contributed by atoms with Gasteiger partial charge in [0, 0.05) is 6.54 Å². The molecule has 3 N–H and O–H groups in total. The Morgan fingerprint density at radius 3 is 2.67 bits per heavy atom. The maximum absolute atomic E-state index is 11.5. The number of hydrogen-bond acceptors (Lipinski definition) is 4. The molecular weight excluding hydrogens is 304 g/mol. The Bertz CT molecular complexity index is 627. The van der Waals surface area contributed by atoms with Crippen LogP contribution >= 0.6 is 0 Å². The standard InChI is InChI=1S/C18H28N4O2/c1-13(16-21-14-9-5-6-10-15(14)22-16)19-11-7-8-12-20-17(23)24-18(2,3)4/h5-6,9-10,13,19H,7-8,11-12H2,1-4H3,(H,20,23)(H,21,22). The largest absolute Gasteiger partial charge is 0.444 e. The molecule has 1 amide bonds. The molecule has 0 radical (unpaired) electrons. The number of para-hydroxylation sites is 2. The number of ether oxygens (including phenoxy) is 1. The summed E-state index contributed by atoms with van der Waals surface area (Å²) < 4.78 is 5.19. The average molecular weight is 332 g/mol. The van der Waals surface area contributed by atoms with Crippen LogP contribution in [0.4, 0.5) is 4.79 Å². The highest BCUT2D eigenvalue weighted by molar-refractivity contribution is 5.74. The van der Waals surface area contributed by atoms with Gasteiger partial charge in [-0.15, -0.1) is 0 Å². The van der Waals surface area contributed by atoms with Crippen molar-refractivity contribution in [1.82, 2.24) is 20.6 Å². The van der Waals surface area contributed by atoms with Gasteiger partial charge in [-0.3, -0.25) is 0 Å². The van der Waals surface area contributed by atoms with Gasteiger partial charge in [0.2, 0.25) is 0 Å². The van der Waals surface area contributed by atoms with Gasteiger partial charge in [-0.05, 0) is 59.2 Å².